The Morgan fingerprint density at radius 1 is 1.29 bits per heavy atom. The van der Waals surface area contributed by atoms with Crippen LogP contribution in [0.1, 0.15) is 62.9 Å². The van der Waals surface area contributed by atoms with Crippen LogP contribution in [0.2, 0.25) is 0 Å². The minimum absolute atomic E-state index is 0.0253. The Kier molecular flexibility index (Phi) is 7.23. The third-order valence-electron chi connectivity index (χ3n) is 9.13. The first kappa shape index (κ1) is 25.1. The lowest BCUT2D eigenvalue weighted by Gasteiger charge is -2.53. The zero-order valence-corrected chi connectivity index (χ0v) is 22.1. The number of morpholine rings is 1. The smallest absolute Gasteiger partial charge is 0.229 e. The summed E-state index contributed by atoms with van der Waals surface area (Å²) in [5.41, 5.74) is 0.997. The Morgan fingerprint density at radius 2 is 2.03 bits per heavy atom. The lowest BCUT2D eigenvalue weighted by Crippen LogP contribution is -3.14. The number of quaternary nitrogens is 1. The second kappa shape index (κ2) is 10.1. The molecule has 2 heterocycles. The number of aromatic nitrogens is 1. The molecule has 1 saturated heterocycles. The maximum absolute atomic E-state index is 13.0. The molecule has 2 amide bonds. The molecular weight excluding hydrogens is 464 g/mol. The summed E-state index contributed by atoms with van der Waals surface area (Å²) in [6, 6.07) is 0. The van der Waals surface area contributed by atoms with E-state index < -0.39 is 6.10 Å². The fraction of sp³-hybridized carbons (Fsp3) is 0.808. The van der Waals surface area contributed by atoms with Gasteiger partial charge in [-0.3, -0.25) is 9.59 Å². The number of nitrogens with zero attached hydrogens (tertiary/aromatic N) is 1. The number of anilines is 1. The van der Waals surface area contributed by atoms with Gasteiger partial charge in [-0.15, -0.1) is 11.3 Å². The minimum atomic E-state index is -0.547. The van der Waals surface area contributed by atoms with Gasteiger partial charge in [0.25, 0.3) is 0 Å². The van der Waals surface area contributed by atoms with E-state index in [9.17, 15) is 14.7 Å². The summed E-state index contributed by atoms with van der Waals surface area (Å²) in [5, 5.41) is 18.5. The van der Waals surface area contributed by atoms with Crippen LogP contribution in [0.4, 0.5) is 5.13 Å². The van der Waals surface area contributed by atoms with Crippen molar-refractivity contribution in [2.75, 3.05) is 44.7 Å². The van der Waals surface area contributed by atoms with Gasteiger partial charge in [0.15, 0.2) is 5.13 Å². The highest BCUT2D eigenvalue weighted by Crippen LogP contribution is 2.57. The molecule has 4 N–H and O–H groups in total. The van der Waals surface area contributed by atoms with Crippen LogP contribution in [0, 0.1) is 29.1 Å². The number of rotatable bonds is 7. The van der Waals surface area contributed by atoms with Crippen LogP contribution in [0.5, 0.6) is 0 Å². The van der Waals surface area contributed by atoms with E-state index >= 15 is 0 Å². The number of hydrogen-bond acceptors (Lipinski definition) is 6. The Labute approximate surface area is 212 Å². The fourth-order valence-electron chi connectivity index (χ4n) is 6.78. The third-order valence-corrected chi connectivity index (χ3v) is 10.1. The highest BCUT2D eigenvalue weighted by Gasteiger charge is 2.54. The molecule has 0 radical (unpaired) electrons. The Hall–Kier alpha value is -1.55. The van der Waals surface area contributed by atoms with Gasteiger partial charge in [0, 0.05) is 22.6 Å². The van der Waals surface area contributed by atoms with Gasteiger partial charge in [-0.05, 0) is 49.4 Å². The highest BCUT2D eigenvalue weighted by atomic mass is 32.1. The molecule has 1 aromatic rings. The van der Waals surface area contributed by atoms with Crippen molar-refractivity contribution in [3.05, 3.63) is 10.6 Å². The number of nitrogens with one attached hydrogen (secondary N) is 3. The maximum Gasteiger partial charge on any atom is 0.229 e. The Morgan fingerprint density at radius 3 is 2.74 bits per heavy atom. The van der Waals surface area contributed by atoms with Crippen LogP contribution in [0.15, 0.2) is 0 Å². The molecule has 0 spiro atoms. The molecule has 0 bridgehead atoms. The average Bonchev–Trinajstić information content (AvgIpc) is 3.61. The largest absolute Gasteiger partial charge is 0.392 e. The molecule has 3 fully saturated rings. The zero-order chi connectivity index (χ0) is 24.7. The van der Waals surface area contributed by atoms with E-state index in [0.29, 0.717) is 11.7 Å². The van der Waals surface area contributed by atoms with Crippen LogP contribution < -0.4 is 15.5 Å². The predicted molar refractivity (Wildman–Crippen MR) is 134 cm³/mol. The molecule has 0 unspecified atom stereocenters. The molecule has 0 aromatic carbocycles. The first-order valence-corrected chi connectivity index (χ1v) is 14.3. The Bertz CT molecular complexity index is 944. The number of thiazole rings is 1. The summed E-state index contributed by atoms with van der Waals surface area (Å²) in [7, 11) is 0. The van der Waals surface area contributed by atoms with Gasteiger partial charge in [0.2, 0.25) is 11.8 Å². The number of hydrogen-bond donors (Lipinski definition) is 4. The number of amides is 2. The van der Waals surface area contributed by atoms with Crippen molar-refractivity contribution < 1.29 is 24.3 Å². The van der Waals surface area contributed by atoms with Gasteiger partial charge >= 0.3 is 0 Å². The van der Waals surface area contributed by atoms with Crippen LogP contribution in [0.3, 0.4) is 0 Å². The fourth-order valence-corrected chi connectivity index (χ4v) is 8.05. The minimum Gasteiger partial charge on any atom is -0.392 e. The van der Waals surface area contributed by atoms with Crippen LogP contribution in [-0.2, 0) is 20.7 Å². The SMILES string of the molecule is C[C@H](C(=O)NCC[NH+]1CCOCC1)[C@H]1CC[C@]2(C)Cc3sc(NC(=O)C4CC4)nc3[C@@H](C)[C@@H]2[C@H]1O. The summed E-state index contributed by atoms with van der Waals surface area (Å²) in [6.07, 6.45) is 4.11. The van der Waals surface area contributed by atoms with Crippen molar-refractivity contribution in [1.82, 2.24) is 10.3 Å². The van der Waals surface area contributed by atoms with Gasteiger partial charge < -0.3 is 25.4 Å². The van der Waals surface area contributed by atoms with E-state index in [0.717, 1.165) is 70.6 Å². The van der Waals surface area contributed by atoms with Crippen molar-refractivity contribution in [1.29, 1.82) is 0 Å². The number of ether oxygens (including phenoxy) is 1. The van der Waals surface area contributed by atoms with E-state index in [1.165, 1.54) is 9.78 Å². The van der Waals surface area contributed by atoms with E-state index in [-0.39, 0.29) is 46.8 Å². The average molecular weight is 506 g/mol. The van der Waals surface area contributed by atoms with Crippen molar-refractivity contribution in [3.8, 4) is 0 Å². The van der Waals surface area contributed by atoms with Crippen molar-refractivity contribution in [3.63, 3.8) is 0 Å². The second-order valence-corrected chi connectivity index (χ2v) is 12.7. The summed E-state index contributed by atoms with van der Waals surface area (Å²) in [6.45, 7) is 11.6. The summed E-state index contributed by atoms with van der Waals surface area (Å²) in [5.74, 6) is 0.141. The number of aliphatic hydroxyl groups is 1. The number of carbonyl (C=O) groups is 2. The Balaban J connectivity index is 1.22. The van der Waals surface area contributed by atoms with Crippen LogP contribution in [-0.4, -0.2) is 67.4 Å². The second-order valence-electron chi connectivity index (χ2n) is 11.6. The molecule has 1 aromatic heterocycles. The van der Waals surface area contributed by atoms with Gasteiger partial charge in [-0.2, -0.15) is 0 Å². The van der Waals surface area contributed by atoms with Crippen molar-refractivity contribution in [2.24, 2.45) is 29.1 Å². The van der Waals surface area contributed by atoms with Gasteiger partial charge in [-0.25, -0.2) is 4.98 Å². The zero-order valence-electron chi connectivity index (χ0n) is 21.3. The van der Waals surface area contributed by atoms with E-state index in [1.54, 1.807) is 11.3 Å². The molecule has 4 aliphatic rings. The quantitative estimate of drug-likeness (QED) is 0.446. The lowest BCUT2D eigenvalue weighted by molar-refractivity contribution is -0.906. The van der Waals surface area contributed by atoms with E-state index in [1.807, 2.05) is 6.92 Å². The summed E-state index contributed by atoms with van der Waals surface area (Å²) >= 11 is 1.60. The van der Waals surface area contributed by atoms with Gasteiger partial charge in [0.1, 0.15) is 13.1 Å². The highest BCUT2D eigenvalue weighted by molar-refractivity contribution is 7.15. The van der Waals surface area contributed by atoms with Crippen LogP contribution in [0.25, 0.3) is 0 Å². The molecule has 35 heavy (non-hydrogen) atoms. The third kappa shape index (κ3) is 5.15. The normalized spacial score (nSPS) is 33.9. The molecule has 9 heteroatoms. The summed E-state index contributed by atoms with van der Waals surface area (Å²) in [4.78, 5) is 32.8. The molecular formula is C26H41N4O4S+. The maximum atomic E-state index is 13.0. The van der Waals surface area contributed by atoms with Crippen molar-refractivity contribution in [2.45, 2.75) is 64.9 Å². The monoisotopic (exact) mass is 505 g/mol. The van der Waals surface area contributed by atoms with Gasteiger partial charge in [0.05, 0.1) is 38.1 Å². The molecule has 2 saturated carbocycles. The number of aliphatic hydroxyl groups excluding tert-OH is 1. The molecule has 194 valence electrons. The molecule has 5 rings (SSSR count). The molecule has 6 atom stereocenters. The number of fused-ring (bicyclic) bond motifs is 2. The van der Waals surface area contributed by atoms with E-state index in [2.05, 4.69) is 24.5 Å². The van der Waals surface area contributed by atoms with E-state index in [4.69, 9.17) is 9.72 Å². The first-order valence-electron chi connectivity index (χ1n) is 13.4. The summed E-state index contributed by atoms with van der Waals surface area (Å²) < 4.78 is 5.41. The lowest BCUT2D eigenvalue weighted by atomic mass is 9.53. The molecule has 8 nitrogen and oxygen atoms in total. The number of carbonyl (C=O) groups excluding carboxylic acids is 2. The topological polar surface area (TPSA) is 105 Å². The van der Waals surface area contributed by atoms with Crippen LogP contribution >= 0.6 is 11.3 Å². The standard InChI is InChI=1S/C26H40N4O4S/c1-15(23(32)27-8-9-30-10-12-34-13-11-30)18-6-7-26(3)14-19-21(16(2)20(26)22(18)31)28-25(35-19)29-24(33)17-4-5-17/h15-18,20,22,31H,4-14H2,1-3H3,(H,27,32)(H,28,29,33)/p+1/t15-,16-,18+,20+,22-,26+/m0/s1. The first-order chi connectivity index (χ1) is 16.8. The van der Waals surface area contributed by atoms with Gasteiger partial charge in [-0.1, -0.05) is 20.8 Å². The van der Waals surface area contributed by atoms with Crippen molar-refractivity contribution >= 4 is 28.3 Å². The predicted octanol–water partition coefficient (Wildman–Crippen LogP) is 1.21. The molecule has 1 aliphatic heterocycles. The molecule has 3 aliphatic carbocycles.